The van der Waals surface area contributed by atoms with E-state index in [0.29, 0.717) is 6.04 Å². The van der Waals surface area contributed by atoms with Crippen LogP contribution < -0.4 is 5.32 Å². The van der Waals surface area contributed by atoms with Gasteiger partial charge in [0.05, 0.1) is 0 Å². The maximum absolute atomic E-state index is 3.75. The van der Waals surface area contributed by atoms with Crippen LogP contribution in [0.1, 0.15) is 78.6 Å². The van der Waals surface area contributed by atoms with E-state index in [1.807, 2.05) is 0 Å². The van der Waals surface area contributed by atoms with Crippen molar-refractivity contribution in [1.29, 1.82) is 0 Å². The van der Waals surface area contributed by atoms with E-state index in [-0.39, 0.29) is 0 Å². The third-order valence-corrected chi connectivity index (χ3v) is 5.94. The number of likely N-dealkylation sites (tertiary alicyclic amines) is 1. The van der Waals surface area contributed by atoms with Crippen LogP contribution in [-0.4, -0.2) is 36.6 Å². The zero-order valence-corrected chi connectivity index (χ0v) is 14.1. The highest BCUT2D eigenvalue weighted by Crippen LogP contribution is 2.46. The third-order valence-electron chi connectivity index (χ3n) is 5.94. The molecule has 2 aliphatic rings. The molecule has 2 unspecified atom stereocenters. The number of nitrogens with zero attached hydrogens (tertiary/aromatic N) is 1. The van der Waals surface area contributed by atoms with E-state index in [0.717, 1.165) is 18.0 Å². The first kappa shape index (κ1) is 16.3. The average Bonchev–Trinajstić information content (AvgIpc) is 2.91. The molecule has 2 fully saturated rings. The first-order valence-electron chi connectivity index (χ1n) is 9.22. The lowest BCUT2D eigenvalue weighted by Crippen LogP contribution is -2.53. The maximum atomic E-state index is 3.75. The van der Waals surface area contributed by atoms with Gasteiger partial charge in [0.25, 0.3) is 0 Å². The van der Waals surface area contributed by atoms with Crippen LogP contribution in [0.25, 0.3) is 0 Å². The fraction of sp³-hybridized carbons (Fsp3) is 1.00. The Morgan fingerprint density at radius 3 is 2.15 bits per heavy atom. The summed E-state index contributed by atoms with van der Waals surface area (Å²) in [5.74, 6) is 0. The zero-order chi connectivity index (χ0) is 14.4. The van der Waals surface area contributed by atoms with Crippen LogP contribution in [0.5, 0.6) is 0 Å². The van der Waals surface area contributed by atoms with Crippen LogP contribution in [0, 0.1) is 5.41 Å². The van der Waals surface area contributed by atoms with Crippen molar-refractivity contribution in [2.24, 2.45) is 5.41 Å². The van der Waals surface area contributed by atoms with Crippen LogP contribution in [0.2, 0.25) is 0 Å². The van der Waals surface area contributed by atoms with Crippen molar-refractivity contribution >= 4 is 0 Å². The summed E-state index contributed by atoms with van der Waals surface area (Å²) in [5, 5.41) is 3.75. The van der Waals surface area contributed by atoms with Crippen LogP contribution in [0.3, 0.4) is 0 Å². The second-order valence-corrected chi connectivity index (χ2v) is 7.17. The molecule has 2 rings (SSSR count). The lowest BCUT2D eigenvalue weighted by molar-refractivity contribution is 0.0574. The fourth-order valence-corrected chi connectivity index (χ4v) is 4.76. The number of rotatable bonds is 7. The van der Waals surface area contributed by atoms with Gasteiger partial charge < -0.3 is 5.32 Å². The summed E-state index contributed by atoms with van der Waals surface area (Å²) in [4.78, 5) is 2.81. The SMILES string of the molecule is CCCC(NCC)C(CC)N1CCC2(CCCC2)CC1. The standard InChI is InChI=1S/C18H36N2/c1-4-9-16(19-6-3)17(5-2)20-14-12-18(13-15-20)10-7-8-11-18/h16-17,19H,4-15H2,1-3H3. The van der Waals surface area contributed by atoms with Crippen LogP contribution in [0.4, 0.5) is 0 Å². The van der Waals surface area contributed by atoms with Crippen molar-refractivity contribution in [3.05, 3.63) is 0 Å². The van der Waals surface area contributed by atoms with E-state index in [2.05, 4.69) is 31.0 Å². The molecule has 2 atom stereocenters. The van der Waals surface area contributed by atoms with Gasteiger partial charge in [0.1, 0.15) is 0 Å². The predicted molar refractivity (Wildman–Crippen MR) is 88.2 cm³/mol. The fourth-order valence-electron chi connectivity index (χ4n) is 4.76. The molecule has 1 aliphatic heterocycles. The normalized spacial score (nSPS) is 25.9. The lowest BCUT2D eigenvalue weighted by atomic mass is 9.76. The Hall–Kier alpha value is -0.0800. The minimum atomic E-state index is 0.702. The molecule has 0 aromatic carbocycles. The van der Waals surface area contributed by atoms with E-state index in [1.165, 1.54) is 70.9 Å². The van der Waals surface area contributed by atoms with Gasteiger partial charge in [0.2, 0.25) is 0 Å². The number of nitrogens with one attached hydrogen (secondary N) is 1. The maximum Gasteiger partial charge on any atom is 0.0246 e. The molecule has 1 N–H and O–H groups in total. The minimum Gasteiger partial charge on any atom is -0.313 e. The minimum absolute atomic E-state index is 0.702. The van der Waals surface area contributed by atoms with Crippen molar-refractivity contribution < 1.29 is 0 Å². The van der Waals surface area contributed by atoms with E-state index in [4.69, 9.17) is 0 Å². The molecule has 0 radical (unpaired) electrons. The molecule has 2 nitrogen and oxygen atoms in total. The monoisotopic (exact) mass is 280 g/mol. The molecule has 118 valence electrons. The van der Waals surface area contributed by atoms with Gasteiger partial charge in [0, 0.05) is 12.1 Å². The van der Waals surface area contributed by atoms with Gasteiger partial charge in [0.15, 0.2) is 0 Å². The Balaban J connectivity index is 1.91. The molecule has 2 heteroatoms. The molecule has 0 aromatic heterocycles. The summed E-state index contributed by atoms with van der Waals surface area (Å²) in [6, 6.07) is 1.46. The molecular weight excluding hydrogens is 244 g/mol. The Labute approximate surface area is 126 Å². The van der Waals surface area contributed by atoms with Crippen molar-refractivity contribution in [2.45, 2.75) is 90.6 Å². The number of piperidine rings is 1. The molecule has 1 aliphatic carbocycles. The van der Waals surface area contributed by atoms with Gasteiger partial charge in [-0.15, -0.1) is 0 Å². The summed E-state index contributed by atoms with van der Waals surface area (Å²) < 4.78 is 0. The van der Waals surface area contributed by atoms with Crippen LogP contribution in [0.15, 0.2) is 0 Å². The van der Waals surface area contributed by atoms with Crippen molar-refractivity contribution in [2.75, 3.05) is 19.6 Å². The highest BCUT2D eigenvalue weighted by Gasteiger charge is 2.39. The van der Waals surface area contributed by atoms with Gasteiger partial charge in [-0.25, -0.2) is 0 Å². The van der Waals surface area contributed by atoms with E-state index >= 15 is 0 Å². The average molecular weight is 280 g/mol. The molecule has 1 saturated carbocycles. The van der Waals surface area contributed by atoms with Gasteiger partial charge in [-0.3, -0.25) is 4.90 Å². The van der Waals surface area contributed by atoms with E-state index < -0.39 is 0 Å². The zero-order valence-electron chi connectivity index (χ0n) is 14.1. The van der Waals surface area contributed by atoms with Gasteiger partial charge in [-0.05, 0) is 63.6 Å². The first-order chi connectivity index (χ1) is 9.74. The Morgan fingerprint density at radius 2 is 1.65 bits per heavy atom. The highest BCUT2D eigenvalue weighted by atomic mass is 15.2. The second kappa shape index (κ2) is 7.79. The third kappa shape index (κ3) is 3.76. The molecule has 0 amide bonds. The largest absolute Gasteiger partial charge is 0.313 e. The summed E-state index contributed by atoms with van der Waals surface area (Å²) in [7, 11) is 0. The van der Waals surface area contributed by atoms with E-state index in [1.54, 1.807) is 0 Å². The Kier molecular flexibility index (Phi) is 6.35. The lowest BCUT2D eigenvalue weighted by Gasteiger charge is -2.45. The van der Waals surface area contributed by atoms with Gasteiger partial charge >= 0.3 is 0 Å². The molecular formula is C18H36N2. The summed E-state index contributed by atoms with van der Waals surface area (Å²) in [6.45, 7) is 10.8. The topological polar surface area (TPSA) is 15.3 Å². The number of likely N-dealkylation sites (N-methyl/N-ethyl adjacent to an activating group) is 1. The smallest absolute Gasteiger partial charge is 0.0246 e. The summed E-state index contributed by atoms with van der Waals surface area (Å²) in [6.07, 6.45) is 12.9. The predicted octanol–water partition coefficient (Wildman–Crippen LogP) is 4.20. The number of hydrogen-bond donors (Lipinski definition) is 1. The molecule has 1 heterocycles. The van der Waals surface area contributed by atoms with Gasteiger partial charge in [-0.2, -0.15) is 0 Å². The highest BCUT2D eigenvalue weighted by molar-refractivity contribution is 4.93. The molecule has 20 heavy (non-hydrogen) atoms. The Morgan fingerprint density at radius 1 is 1.00 bits per heavy atom. The van der Waals surface area contributed by atoms with Crippen LogP contribution in [-0.2, 0) is 0 Å². The van der Waals surface area contributed by atoms with Crippen molar-refractivity contribution in [1.82, 2.24) is 10.2 Å². The van der Waals surface area contributed by atoms with Crippen molar-refractivity contribution in [3.8, 4) is 0 Å². The molecule has 1 saturated heterocycles. The van der Waals surface area contributed by atoms with Crippen molar-refractivity contribution in [3.63, 3.8) is 0 Å². The Bertz CT molecular complexity index is 255. The molecule has 0 aromatic rings. The van der Waals surface area contributed by atoms with Crippen LogP contribution >= 0.6 is 0 Å². The molecule has 1 spiro atoms. The van der Waals surface area contributed by atoms with Gasteiger partial charge in [-0.1, -0.05) is 40.0 Å². The summed E-state index contributed by atoms with van der Waals surface area (Å²) >= 11 is 0. The van der Waals surface area contributed by atoms with E-state index in [9.17, 15) is 0 Å². The summed E-state index contributed by atoms with van der Waals surface area (Å²) in [5.41, 5.74) is 0.757. The quantitative estimate of drug-likeness (QED) is 0.752. The number of hydrogen-bond acceptors (Lipinski definition) is 2. The molecule has 0 bridgehead atoms. The first-order valence-corrected chi connectivity index (χ1v) is 9.22. The second-order valence-electron chi connectivity index (χ2n) is 7.17.